The van der Waals surface area contributed by atoms with Crippen molar-refractivity contribution in [3.05, 3.63) is 35.4 Å². The smallest absolute Gasteiger partial charge is 0.0942 e. The third kappa shape index (κ3) is 3.42. The van der Waals surface area contributed by atoms with Gasteiger partial charge in [-0.25, -0.2) is 0 Å². The summed E-state index contributed by atoms with van der Waals surface area (Å²) in [6.45, 7) is 11.2. The van der Waals surface area contributed by atoms with E-state index < -0.39 is 0 Å². The molecule has 1 aromatic carbocycles. The van der Waals surface area contributed by atoms with Gasteiger partial charge in [0.1, 0.15) is 0 Å². The summed E-state index contributed by atoms with van der Waals surface area (Å²) in [5, 5.41) is 10.6. The normalized spacial score (nSPS) is 27.2. The highest BCUT2D eigenvalue weighted by Crippen LogP contribution is 2.28. The average Bonchev–Trinajstić information content (AvgIpc) is 2.48. The lowest BCUT2D eigenvalue weighted by Gasteiger charge is -2.40. The molecule has 1 N–H and O–H groups in total. The highest BCUT2D eigenvalue weighted by atomic mass is 16.3. The van der Waals surface area contributed by atoms with Gasteiger partial charge in [-0.1, -0.05) is 45.0 Å². The van der Waals surface area contributed by atoms with Gasteiger partial charge in [-0.05, 0) is 49.3 Å². The molecule has 1 aromatic rings. The minimum absolute atomic E-state index is 0.192. The standard InChI is InChI=1S/C18H29NO/c1-5-16-6-8-17(9-7-16)18(20)15(4)19-11-10-13(2)14(3)12-19/h6-9,13-15,18,20H,5,10-12H2,1-4H3. The molecule has 0 saturated carbocycles. The third-order valence-corrected chi connectivity index (χ3v) is 5.13. The van der Waals surface area contributed by atoms with Crippen molar-refractivity contribution < 1.29 is 5.11 Å². The third-order valence-electron chi connectivity index (χ3n) is 5.13. The molecule has 0 bridgehead atoms. The summed E-state index contributed by atoms with van der Waals surface area (Å²) in [6, 6.07) is 8.61. The molecule has 112 valence electrons. The van der Waals surface area contributed by atoms with E-state index in [2.05, 4.69) is 56.9 Å². The van der Waals surface area contributed by atoms with Crippen LogP contribution in [0.2, 0.25) is 0 Å². The lowest BCUT2D eigenvalue weighted by atomic mass is 9.87. The van der Waals surface area contributed by atoms with Crippen molar-refractivity contribution in [1.82, 2.24) is 4.90 Å². The predicted molar refractivity (Wildman–Crippen MR) is 84.8 cm³/mol. The second-order valence-electron chi connectivity index (χ2n) is 6.52. The molecule has 0 spiro atoms. The first kappa shape index (κ1) is 15.5. The van der Waals surface area contributed by atoms with Crippen LogP contribution in [0, 0.1) is 11.8 Å². The zero-order chi connectivity index (χ0) is 14.7. The van der Waals surface area contributed by atoms with E-state index in [1.54, 1.807) is 0 Å². The van der Waals surface area contributed by atoms with E-state index in [1.165, 1.54) is 12.0 Å². The topological polar surface area (TPSA) is 23.5 Å². The van der Waals surface area contributed by atoms with Crippen LogP contribution in [0.3, 0.4) is 0 Å². The number of rotatable bonds is 4. The van der Waals surface area contributed by atoms with Gasteiger partial charge in [0.15, 0.2) is 0 Å². The first-order valence-corrected chi connectivity index (χ1v) is 8.03. The molecule has 2 heteroatoms. The Hall–Kier alpha value is -0.860. The molecule has 0 aliphatic carbocycles. The van der Waals surface area contributed by atoms with E-state index in [1.807, 2.05) is 0 Å². The highest BCUT2D eigenvalue weighted by Gasteiger charge is 2.29. The molecule has 4 unspecified atom stereocenters. The van der Waals surface area contributed by atoms with E-state index in [-0.39, 0.29) is 12.1 Å². The molecular formula is C18H29NO. The van der Waals surface area contributed by atoms with Crippen LogP contribution in [-0.4, -0.2) is 29.1 Å². The van der Waals surface area contributed by atoms with Crippen molar-refractivity contribution >= 4 is 0 Å². The minimum Gasteiger partial charge on any atom is -0.387 e. The maximum Gasteiger partial charge on any atom is 0.0942 e. The van der Waals surface area contributed by atoms with Crippen LogP contribution in [0.15, 0.2) is 24.3 Å². The van der Waals surface area contributed by atoms with Gasteiger partial charge < -0.3 is 5.11 Å². The Morgan fingerprint density at radius 2 is 1.85 bits per heavy atom. The van der Waals surface area contributed by atoms with Gasteiger partial charge in [0.05, 0.1) is 6.10 Å². The van der Waals surface area contributed by atoms with Gasteiger partial charge in [-0.15, -0.1) is 0 Å². The number of aliphatic hydroxyl groups is 1. The number of hydrogen-bond donors (Lipinski definition) is 1. The molecule has 1 fully saturated rings. The summed E-state index contributed by atoms with van der Waals surface area (Å²) in [7, 11) is 0. The molecule has 2 nitrogen and oxygen atoms in total. The van der Waals surface area contributed by atoms with E-state index in [0.717, 1.165) is 36.9 Å². The summed E-state index contributed by atoms with van der Waals surface area (Å²) in [5.41, 5.74) is 2.37. The van der Waals surface area contributed by atoms with E-state index >= 15 is 0 Å². The van der Waals surface area contributed by atoms with Crippen LogP contribution >= 0.6 is 0 Å². The number of piperidine rings is 1. The number of hydrogen-bond acceptors (Lipinski definition) is 2. The van der Waals surface area contributed by atoms with Crippen LogP contribution < -0.4 is 0 Å². The summed E-state index contributed by atoms with van der Waals surface area (Å²) in [4.78, 5) is 2.45. The Labute approximate surface area is 123 Å². The highest BCUT2D eigenvalue weighted by molar-refractivity contribution is 5.25. The van der Waals surface area contributed by atoms with Crippen LogP contribution in [0.5, 0.6) is 0 Å². The monoisotopic (exact) mass is 275 g/mol. The Kier molecular flexibility index (Phi) is 5.22. The molecule has 1 aliphatic rings. The van der Waals surface area contributed by atoms with Gasteiger partial charge in [0.25, 0.3) is 0 Å². The van der Waals surface area contributed by atoms with Crippen LogP contribution in [-0.2, 0) is 6.42 Å². The number of aryl methyl sites for hydroxylation is 1. The van der Waals surface area contributed by atoms with Gasteiger partial charge in [-0.2, -0.15) is 0 Å². The Morgan fingerprint density at radius 3 is 2.40 bits per heavy atom. The van der Waals surface area contributed by atoms with Gasteiger partial charge in [0, 0.05) is 12.6 Å². The molecule has 1 aliphatic heterocycles. The largest absolute Gasteiger partial charge is 0.387 e. The number of nitrogens with zero attached hydrogens (tertiary/aromatic N) is 1. The molecule has 1 saturated heterocycles. The van der Waals surface area contributed by atoms with E-state index in [9.17, 15) is 5.11 Å². The lowest BCUT2D eigenvalue weighted by molar-refractivity contribution is 0.0222. The van der Waals surface area contributed by atoms with Crippen LogP contribution in [0.1, 0.15) is 51.3 Å². The minimum atomic E-state index is -0.387. The molecular weight excluding hydrogens is 246 g/mol. The first-order valence-electron chi connectivity index (χ1n) is 8.03. The zero-order valence-electron chi connectivity index (χ0n) is 13.3. The van der Waals surface area contributed by atoms with Crippen molar-refractivity contribution in [2.24, 2.45) is 11.8 Å². The SMILES string of the molecule is CCc1ccc(C(O)C(C)N2CCC(C)C(C)C2)cc1. The van der Waals surface area contributed by atoms with Gasteiger partial charge in [0.2, 0.25) is 0 Å². The zero-order valence-corrected chi connectivity index (χ0v) is 13.3. The summed E-state index contributed by atoms with van der Waals surface area (Å²) >= 11 is 0. The van der Waals surface area contributed by atoms with Crippen molar-refractivity contribution in [1.29, 1.82) is 0 Å². The van der Waals surface area contributed by atoms with Crippen molar-refractivity contribution in [2.45, 2.75) is 52.7 Å². The second kappa shape index (κ2) is 6.73. The van der Waals surface area contributed by atoms with Crippen LogP contribution in [0.25, 0.3) is 0 Å². The first-order chi connectivity index (χ1) is 9.52. The maximum absolute atomic E-state index is 10.6. The molecule has 2 rings (SSSR count). The Balaban J connectivity index is 2.02. The Bertz CT molecular complexity index is 414. The molecule has 20 heavy (non-hydrogen) atoms. The van der Waals surface area contributed by atoms with Gasteiger partial charge in [-0.3, -0.25) is 4.90 Å². The maximum atomic E-state index is 10.6. The lowest BCUT2D eigenvalue weighted by Crippen LogP contribution is -2.45. The molecule has 0 aromatic heterocycles. The fourth-order valence-corrected chi connectivity index (χ4v) is 3.09. The molecule has 0 radical (unpaired) electrons. The van der Waals surface area contributed by atoms with Crippen molar-refractivity contribution in [3.8, 4) is 0 Å². The quantitative estimate of drug-likeness (QED) is 0.906. The summed E-state index contributed by atoms with van der Waals surface area (Å²) < 4.78 is 0. The fourth-order valence-electron chi connectivity index (χ4n) is 3.09. The van der Waals surface area contributed by atoms with Crippen molar-refractivity contribution in [2.75, 3.05) is 13.1 Å². The Morgan fingerprint density at radius 1 is 1.20 bits per heavy atom. The van der Waals surface area contributed by atoms with Crippen molar-refractivity contribution in [3.63, 3.8) is 0 Å². The summed E-state index contributed by atoms with van der Waals surface area (Å²) in [5.74, 6) is 1.53. The predicted octanol–water partition coefficient (Wildman–Crippen LogP) is 3.65. The fraction of sp³-hybridized carbons (Fsp3) is 0.667. The second-order valence-corrected chi connectivity index (χ2v) is 6.52. The number of aliphatic hydroxyl groups excluding tert-OH is 1. The summed E-state index contributed by atoms with van der Waals surface area (Å²) in [6.07, 6.45) is 1.90. The molecule has 4 atom stereocenters. The van der Waals surface area contributed by atoms with E-state index in [0.29, 0.717) is 0 Å². The van der Waals surface area contributed by atoms with E-state index in [4.69, 9.17) is 0 Å². The molecule has 0 amide bonds. The number of likely N-dealkylation sites (tertiary alicyclic amines) is 1. The van der Waals surface area contributed by atoms with Crippen LogP contribution in [0.4, 0.5) is 0 Å². The van der Waals surface area contributed by atoms with Gasteiger partial charge >= 0.3 is 0 Å². The number of benzene rings is 1. The average molecular weight is 275 g/mol. The molecule has 1 heterocycles.